The van der Waals surface area contributed by atoms with Gasteiger partial charge in [-0.15, -0.1) is 0 Å². The number of hydrogen-bond acceptors (Lipinski definition) is 4. The van der Waals surface area contributed by atoms with Gasteiger partial charge in [0, 0.05) is 12.1 Å². The van der Waals surface area contributed by atoms with E-state index in [2.05, 4.69) is 4.98 Å². The molecule has 1 amide bonds. The van der Waals surface area contributed by atoms with Gasteiger partial charge in [-0.2, -0.15) is 0 Å². The fourth-order valence-corrected chi connectivity index (χ4v) is 1.75. The van der Waals surface area contributed by atoms with Crippen molar-refractivity contribution in [3.05, 3.63) is 22.8 Å². The zero-order chi connectivity index (χ0) is 13.9. The average Bonchev–Trinajstić information content (AvgIpc) is 2.28. The molecule has 1 rings (SSSR count). The fourth-order valence-electron chi connectivity index (χ4n) is 1.53. The number of nitrogens with two attached hydrogens (primary N) is 1. The molecule has 1 unspecified atom stereocenters. The number of amides is 1. The lowest BCUT2D eigenvalue weighted by atomic mass is 10.2. The summed E-state index contributed by atoms with van der Waals surface area (Å²) in [5.74, 6) is -1.40. The van der Waals surface area contributed by atoms with Gasteiger partial charge in [-0.3, -0.25) is 4.79 Å². The van der Waals surface area contributed by atoms with Crippen LogP contribution < -0.4 is 5.73 Å². The number of carbonyl (C=O) groups is 2. The molecule has 3 N–H and O–H groups in total. The highest BCUT2D eigenvalue weighted by atomic mass is 35.5. The Bertz CT molecular complexity index is 458. The Morgan fingerprint density at radius 3 is 2.61 bits per heavy atom. The number of hydrogen-bond donors (Lipinski definition) is 2. The summed E-state index contributed by atoms with van der Waals surface area (Å²) in [7, 11) is 0. The lowest BCUT2D eigenvalue weighted by Crippen LogP contribution is -2.43. The summed E-state index contributed by atoms with van der Waals surface area (Å²) in [5, 5.41) is 9.03. The minimum Gasteiger partial charge on any atom is -0.480 e. The van der Waals surface area contributed by atoms with Gasteiger partial charge in [-0.05, 0) is 26.0 Å². The van der Waals surface area contributed by atoms with E-state index in [1.807, 2.05) is 0 Å². The number of nitrogen functional groups attached to an aromatic ring is 1. The van der Waals surface area contributed by atoms with Crippen molar-refractivity contribution in [3.8, 4) is 0 Å². The van der Waals surface area contributed by atoms with Crippen LogP contribution in [0.5, 0.6) is 0 Å². The minimum atomic E-state index is -1.07. The van der Waals surface area contributed by atoms with E-state index in [0.717, 1.165) is 0 Å². The van der Waals surface area contributed by atoms with Crippen molar-refractivity contribution in [3.63, 3.8) is 0 Å². The van der Waals surface area contributed by atoms with Crippen LogP contribution in [0.4, 0.5) is 5.82 Å². The van der Waals surface area contributed by atoms with Crippen LogP contribution in [0.2, 0.25) is 5.15 Å². The molecule has 0 bridgehead atoms. The third-order valence-electron chi connectivity index (χ3n) is 2.49. The number of halogens is 1. The molecule has 1 aromatic heterocycles. The fraction of sp³-hybridized carbons (Fsp3) is 0.364. The summed E-state index contributed by atoms with van der Waals surface area (Å²) in [6.45, 7) is 3.41. The zero-order valence-electron chi connectivity index (χ0n) is 10.1. The van der Waals surface area contributed by atoms with E-state index in [9.17, 15) is 9.59 Å². The lowest BCUT2D eigenvalue weighted by molar-refractivity contribution is -0.141. The summed E-state index contributed by atoms with van der Waals surface area (Å²) >= 11 is 5.71. The predicted octanol–water partition coefficient (Wildman–Crippen LogP) is 1.25. The van der Waals surface area contributed by atoms with E-state index >= 15 is 0 Å². The Kier molecular flexibility index (Phi) is 4.49. The monoisotopic (exact) mass is 271 g/mol. The average molecular weight is 272 g/mol. The molecule has 0 saturated heterocycles. The molecule has 0 aliphatic heterocycles. The highest BCUT2D eigenvalue weighted by Crippen LogP contribution is 2.15. The molecule has 1 atom stereocenters. The number of nitrogens with zero attached hydrogens (tertiary/aromatic N) is 2. The van der Waals surface area contributed by atoms with Crippen molar-refractivity contribution in [1.82, 2.24) is 9.88 Å². The maximum atomic E-state index is 12.1. The first kappa shape index (κ1) is 14.2. The molecule has 0 aliphatic rings. The molecule has 0 saturated carbocycles. The first-order valence-electron chi connectivity index (χ1n) is 5.33. The first-order valence-corrected chi connectivity index (χ1v) is 5.71. The normalized spacial score (nSPS) is 11.9. The number of carbonyl (C=O) groups excluding carboxylic acids is 1. The van der Waals surface area contributed by atoms with Crippen molar-refractivity contribution in [2.75, 3.05) is 12.3 Å². The molecule has 1 heterocycles. The van der Waals surface area contributed by atoms with Crippen molar-refractivity contribution >= 4 is 29.3 Å². The molecule has 6 nitrogen and oxygen atoms in total. The van der Waals surface area contributed by atoms with E-state index in [0.29, 0.717) is 0 Å². The van der Waals surface area contributed by atoms with E-state index in [1.54, 1.807) is 6.92 Å². The molecule has 0 aliphatic carbocycles. The third-order valence-corrected chi connectivity index (χ3v) is 2.68. The molecule has 98 valence electrons. The second-order valence-corrected chi connectivity index (χ2v) is 4.10. The summed E-state index contributed by atoms with van der Waals surface area (Å²) in [6.07, 6.45) is 0. The SMILES string of the molecule is CCN(C(=O)c1cc(N)nc(Cl)c1)C(C)C(=O)O. The Morgan fingerprint density at radius 2 is 2.17 bits per heavy atom. The Balaban J connectivity index is 3.07. The Morgan fingerprint density at radius 1 is 1.56 bits per heavy atom. The van der Waals surface area contributed by atoms with Crippen molar-refractivity contribution in [1.29, 1.82) is 0 Å². The smallest absolute Gasteiger partial charge is 0.326 e. The van der Waals surface area contributed by atoms with E-state index in [4.69, 9.17) is 22.4 Å². The van der Waals surface area contributed by atoms with Gasteiger partial charge in [-0.25, -0.2) is 9.78 Å². The van der Waals surface area contributed by atoms with Gasteiger partial charge >= 0.3 is 5.97 Å². The van der Waals surface area contributed by atoms with Crippen molar-refractivity contribution in [2.24, 2.45) is 0 Å². The Hall–Kier alpha value is -1.82. The highest BCUT2D eigenvalue weighted by Gasteiger charge is 2.25. The molecular formula is C11H14ClN3O3. The van der Waals surface area contributed by atoms with E-state index in [-0.39, 0.29) is 23.1 Å². The number of aliphatic carboxylic acids is 1. The van der Waals surface area contributed by atoms with Crippen molar-refractivity contribution in [2.45, 2.75) is 19.9 Å². The van der Waals surface area contributed by atoms with Gasteiger partial charge in [0.05, 0.1) is 0 Å². The molecule has 18 heavy (non-hydrogen) atoms. The number of likely N-dealkylation sites (N-methyl/N-ethyl adjacent to an activating group) is 1. The van der Waals surface area contributed by atoms with Crippen LogP contribution in [0.1, 0.15) is 24.2 Å². The number of pyridine rings is 1. The quantitative estimate of drug-likeness (QED) is 0.804. The van der Waals surface area contributed by atoms with E-state index < -0.39 is 17.9 Å². The molecule has 0 aromatic carbocycles. The summed E-state index contributed by atoms with van der Waals surface area (Å²) in [6, 6.07) is 1.80. The summed E-state index contributed by atoms with van der Waals surface area (Å²) in [4.78, 5) is 28.0. The standard InChI is InChI=1S/C11H14ClN3O3/c1-3-15(6(2)11(17)18)10(16)7-4-8(12)14-9(13)5-7/h4-6H,3H2,1-2H3,(H2,13,14)(H,17,18). The number of anilines is 1. The highest BCUT2D eigenvalue weighted by molar-refractivity contribution is 6.29. The van der Waals surface area contributed by atoms with Gasteiger partial charge in [0.2, 0.25) is 0 Å². The molecule has 0 radical (unpaired) electrons. The van der Waals surface area contributed by atoms with Crippen LogP contribution in [0.15, 0.2) is 12.1 Å². The molecule has 1 aromatic rings. The summed E-state index contributed by atoms with van der Waals surface area (Å²) in [5.41, 5.74) is 5.72. The third kappa shape index (κ3) is 3.10. The first-order chi connectivity index (χ1) is 8.36. The molecule has 0 spiro atoms. The second-order valence-electron chi connectivity index (χ2n) is 3.71. The van der Waals surface area contributed by atoms with Crippen LogP contribution in [-0.4, -0.2) is 39.5 Å². The Labute approximate surface area is 109 Å². The summed E-state index contributed by atoms with van der Waals surface area (Å²) < 4.78 is 0. The van der Waals surface area contributed by atoms with Crippen LogP contribution in [0, 0.1) is 0 Å². The molecule has 0 fully saturated rings. The number of aromatic nitrogens is 1. The number of carboxylic acid groups (broad SMARTS) is 1. The maximum absolute atomic E-state index is 12.1. The molecule has 7 heteroatoms. The van der Waals surface area contributed by atoms with Gasteiger partial charge in [-0.1, -0.05) is 11.6 Å². The van der Waals surface area contributed by atoms with Gasteiger partial charge in [0.25, 0.3) is 5.91 Å². The number of rotatable bonds is 4. The molecular weight excluding hydrogens is 258 g/mol. The largest absolute Gasteiger partial charge is 0.480 e. The lowest BCUT2D eigenvalue weighted by Gasteiger charge is -2.25. The minimum absolute atomic E-state index is 0.0948. The van der Waals surface area contributed by atoms with Crippen LogP contribution in [-0.2, 0) is 4.79 Å². The van der Waals surface area contributed by atoms with Gasteiger partial charge < -0.3 is 15.7 Å². The van der Waals surface area contributed by atoms with Gasteiger partial charge in [0.1, 0.15) is 17.0 Å². The predicted molar refractivity (Wildman–Crippen MR) is 67.5 cm³/mol. The van der Waals surface area contributed by atoms with Gasteiger partial charge in [0.15, 0.2) is 0 Å². The van der Waals surface area contributed by atoms with Crippen LogP contribution in [0.3, 0.4) is 0 Å². The number of carboxylic acids is 1. The zero-order valence-corrected chi connectivity index (χ0v) is 10.8. The van der Waals surface area contributed by atoms with Crippen LogP contribution in [0.25, 0.3) is 0 Å². The maximum Gasteiger partial charge on any atom is 0.326 e. The van der Waals surface area contributed by atoms with E-state index in [1.165, 1.54) is 24.0 Å². The second kappa shape index (κ2) is 5.68. The van der Waals surface area contributed by atoms with Crippen molar-refractivity contribution < 1.29 is 14.7 Å². The van der Waals surface area contributed by atoms with Crippen LogP contribution >= 0.6 is 11.6 Å². The topological polar surface area (TPSA) is 96.5 Å².